The van der Waals surface area contributed by atoms with Crippen LogP contribution in [0.15, 0.2) is 55.1 Å². The molecule has 6 nitrogen and oxygen atoms in total. The van der Waals surface area contributed by atoms with Crippen LogP contribution < -0.4 is 5.32 Å². The van der Waals surface area contributed by atoms with Gasteiger partial charge in [0.2, 0.25) is 0 Å². The maximum atomic E-state index is 12.1. The largest absolute Gasteiger partial charge is 0.322 e. The summed E-state index contributed by atoms with van der Waals surface area (Å²) >= 11 is 5.93. The highest BCUT2D eigenvalue weighted by Gasteiger charge is 2.10. The van der Waals surface area contributed by atoms with E-state index in [-0.39, 0.29) is 5.91 Å². The van der Waals surface area contributed by atoms with Gasteiger partial charge in [-0.3, -0.25) is 9.78 Å². The summed E-state index contributed by atoms with van der Waals surface area (Å²) in [7, 11) is 0. The molecule has 1 amide bonds. The number of nitrogens with zero attached hydrogens (tertiary/aromatic N) is 4. The highest BCUT2D eigenvalue weighted by atomic mass is 35.5. The van der Waals surface area contributed by atoms with Crippen molar-refractivity contribution in [3.63, 3.8) is 0 Å². The fourth-order valence-corrected chi connectivity index (χ4v) is 1.99. The molecule has 1 N–H and O–H groups in total. The van der Waals surface area contributed by atoms with Crippen LogP contribution in [0, 0.1) is 0 Å². The summed E-state index contributed by atoms with van der Waals surface area (Å²) in [6.45, 7) is 0. The molecule has 0 saturated carbocycles. The van der Waals surface area contributed by atoms with Gasteiger partial charge in [-0.15, -0.1) is 0 Å². The van der Waals surface area contributed by atoms with Crippen LogP contribution in [0.4, 0.5) is 5.69 Å². The first-order chi connectivity index (χ1) is 10.2. The van der Waals surface area contributed by atoms with Gasteiger partial charge in [0.05, 0.1) is 28.7 Å². The molecule has 104 valence electrons. The maximum Gasteiger partial charge on any atom is 0.257 e. The van der Waals surface area contributed by atoms with E-state index in [1.54, 1.807) is 30.6 Å². The Kier molecular flexibility index (Phi) is 3.61. The predicted octanol–water partition coefficient (Wildman–Crippen LogP) is 2.57. The quantitative estimate of drug-likeness (QED) is 0.806. The van der Waals surface area contributed by atoms with Gasteiger partial charge in [-0.25, -0.2) is 0 Å². The van der Waals surface area contributed by atoms with Crippen molar-refractivity contribution in [3.05, 3.63) is 65.7 Å². The van der Waals surface area contributed by atoms with Crippen molar-refractivity contribution >= 4 is 23.2 Å². The summed E-state index contributed by atoms with van der Waals surface area (Å²) in [5.74, 6) is -0.285. The third-order valence-corrected chi connectivity index (χ3v) is 3.09. The Balaban J connectivity index is 1.77. The van der Waals surface area contributed by atoms with Crippen LogP contribution >= 0.6 is 11.6 Å². The Morgan fingerprint density at radius 3 is 2.43 bits per heavy atom. The molecule has 3 rings (SSSR count). The minimum absolute atomic E-state index is 0.285. The fraction of sp³-hybridized carbons (Fsp3) is 0. The van der Waals surface area contributed by atoms with Gasteiger partial charge in [-0.2, -0.15) is 15.0 Å². The molecule has 21 heavy (non-hydrogen) atoms. The fourth-order valence-electron chi connectivity index (χ4n) is 1.78. The standard InChI is InChI=1S/C14H10ClN5O/c15-13-9-16-6-5-12(13)14(21)19-10-1-3-11(4-2-10)20-17-7-8-18-20/h1-9H,(H,19,21). The number of aromatic nitrogens is 4. The number of hydrogen-bond acceptors (Lipinski definition) is 4. The zero-order valence-electron chi connectivity index (χ0n) is 10.8. The van der Waals surface area contributed by atoms with Crippen molar-refractivity contribution < 1.29 is 4.79 Å². The lowest BCUT2D eigenvalue weighted by atomic mass is 10.2. The molecular weight excluding hydrogens is 290 g/mol. The van der Waals surface area contributed by atoms with E-state index in [0.29, 0.717) is 16.3 Å². The van der Waals surface area contributed by atoms with Gasteiger partial charge in [0.15, 0.2) is 0 Å². The second-order valence-electron chi connectivity index (χ2n) is 4.18. The predicted molar refractivity (Wildman–Crippen MR) is 78.6 cm³/mol. The summed E-state index contributed by atoms with van der Waals surface area (Å²) in [6.07, 6.45) is 6.15. The van der Waals surface area contributed by atoms with Crippen molar-refractivity contribution in [1.29, 1.82) is 0 Å². The van der Waals surface area contributed by atoms with Crippen LogP contribution in [0.5, 0.6) is 0 Å². The Labute approximate surface area is 125 Å². The molecule has 0 fully saturated rings. The van der Waals surface area contributed by atoms with Crippen molar-refractivity contribution in [1.82, 2.24) is 20.0 Å². The van der Waals surface area contributed by atoms with Crippen molar-refractivity contribution in [2.45, 2.75) is 0 Å². The van der Waals surface area contributed by atoms with E-state index in [1.165, 1.54) is 17.2 Å². The van der Waals surface area contributed by atoms with Gasteiger partial charge in [0.25, 0.3) is 5.91 Å². The lowest BCUT2D eigenvalue weighted by Crippen LogP contribution is -2.12. The number of anilines is 1. The number of halogens is 1. The molecule has 0 aliphatic rings. The first kappa shape index (κ1) is 13.3. The third kappa shape index (κ3) is 2.90. The molecule has 0 aliphatic heterocycles. The molecule has 0 atom stereocenters. The highest BCUT2D eigenvalue weighted by molar-refractivity contribution is 6.34. The van der Waals surface area contributed by atoms with Gasteiger partial charge in [0.1, 0.15) is 0 Å². The van der Waals surface area contributed by atoms with E-state index in [2.05, 4.69) is 20.5 Å². The van der Waals surface area contributed by atoms with Crippen molar-refractivity contribution in [2.24, 2.45) is 0 Å². The molecule has 3 aromatic rings. The Morgan fingerprint density at radius 1 is 1.05 bits per heavy atom. The van der Waals surface area contributed by atoms with Crippen molar-refractivity contribution in [2.75, 3.05) is 5.32 Å². The minimum Gasteiger partial charge on any atom is -0.322 e. The first-order valence-electron chi connectivity index (χ1n) is 6.11. The molecule has 2 heterocycles. The summed E-state index contributed by atoms with van der Waals surface area (Å²) < 4.78 is 0. The second-order valence-corrected chi connectivity index (χ2v) is 4.58. The van der Waals surface area contributed by atoms with Crippen LogP contribution in [-0.4, -0.2) is 25.9 Å². The summed E-state index contributed by atoms with van der Waals surface area (Å²) in [5.41, 5.74) is 1.84. The lowest BCUT2D eigenvalue weighted by molar-refractivity contribution is 0.102. The van der Waals surface area contributed by atoms with Crippen LogP contribution in [0.3, 0.4) is 0 Å². The van der Waals surface area contributed by atoms with E-state index in [9.17, 15) is 4.79 Å². The Morgan fingerprint density at radius 2 is 1.76 bits per heavy atom. The summed E-state index contributed by atoms with van der Waals surface area (Å²) in [6, 6.07) is 8.73. The average Bonchev–Trinajstić information content (AvgIpc) is 3.02. The van der Waals surface area contributed by atoms with Crippen LogP contribution in [0.25, 0.3) is 5.69 Å². The van der Waals surface area contributed by atoms with Gasteiger partial charge >= 0.3 is 0 Å². The first-order valence-corrected chi connectivity index (χ1v) is 6.49. The van der Waals surface area contributed by atoms with Crippen LogP contribution in [0.1, 0.15) is 10.4 Å². The highest BCUT2D eigenvalue weighted by Crippen LogP contribution is 2.17. The molecule has 0 saturated heterocycles. The number of pyridine rings is 1. The maximum absolute atomic E-state index is 12.1. The zero-order chi connectivity index (χ0) is 14.7. The van der Waals surface area contributed by atoms with E-state index in [1.807, 2.05) is 12.1 Å². The topological polar surface area (TPSA) is 72.7 Å². The number of rotatable bonds is 3. The summed E-state index contributed by atoms with van der Waals surface area (Å²) in [5, 5.41) is 11.1. The molecule has 0 aliphatic carbocycles. The lowest BCUT2D eigenvalue weighted by Gasteiger charge is -2.07. The molecule has 0 spiro atoms. The number of carbonyl (C=O) groups excluding carboxylic acids is 1. The summed E-state index contributed by atoms with van der Waals surface area (Å²) in [4.78, 5) is 17.4. The van der Waals surface area contributed by atoms with E-state index in [0.717, 1.165) is 5.69 Å². The number of carbonyl (C=O) groups is 1. The molecule has 2 aromatic heterocycles. The SMILES string of the molecule is O=C(Nc1ccc(-n2nccn2)cc1)c1ccncc1Cl. The molecular formula is C14H10ClN5O. The van der Waals surface area contributed by atoms with Gasteiger partial charge in [-0.05, 0) is 30.3 Å². The monoisotopic (exact) mass is 299 g/mol. The third-order valence-electron chi connectivity index (χ3n) is 2.79. The second kappa shape index (κ2) is 5.72. The number of benzene rings is 1. The van der Waals surface area contributed by atoms with E-state index >= 15 is 0 Å². The molecule has 0 unspecified atom stereocenters. The minimum atomic E-state index is -0.285. The van der Waals surface area contributed by atoms with E-state index in [4.69, 9.17) is 11.6 Å². The van der Waals surface area contributed by atoms with Gasteiger partial charge < -0.3 is 5.32 Å². The molecule has 0 radical (unpaired) electrons. The Bertz CT molecular complexity index is 755. The van der Waals surface area contributed by atoms with Crippen molar-refractivity contribution in [3.8, 4) is 5.69 Å². The molecule has 0 bridgehead atoms. The Hall–Kier alpha value is -2.73. The van der Waals surface area contributed by atoms with Crippen LogP contribution in [-0.2, 0) is 0 Å². The number of nitrogens with one attached hydrogen (secondary N) is 1. The van der Waals surface area contributed by atoms with Crippen LogP contribution in [0.2, 0.25) is 5.02 Å². The van der Waals surface area contributed by atoms with Gasteiger partial charge in [0, 0.05) is 18.1 Å². The number of amides is 1. The molecule has 7 heteroatoms. The smallest absolute Gasteiger partial charge is 0.257 e. The normalized spacial score (nSPS) is 10.3. The molecule has 1 aromatic carbocycles. The average molecular weight is 300 g/mol. The van der Waals surface area contributed by atoms with E-state index < -0.39 is 0 Å². The zero-order valence-corrected chi connectivity index (χ0v) is 11.5. The van der Waals surface area contributed by atoms with Gasteiger partial charge in [-0.1, -0.05) is 11.6 Å². The number of hydrogen-bond donors (Lipinski definition) is 1.